The Morgan fingerprint density at radius 1 is 1.38 bits per heavy atom. The lowest BCUT2D eigenvalue weighted by atomic mass is 10.1. The SMILES string of the molecule is C#CCN(CCCl)[C@H](C)Cc1ccccc1. The number of hydrogen-bond acceptors (Lipinski definition) is 1. The average Bonchev–Trinajstić information content (AvgIpc) is 2.30. The van der Waals surface area contributed by atoms with Crippen molar-refractivity contribution in [2.75, 3.05) is 19.0 Å². The second-order valence-corrected chi connectivity index (χ2v) is 4.28. The number of halogens is 1. The van der Waals surface area contributed by atoms with Crippen LogP contribution in [0.2, 0.25) is 0 Å². The van der Waals surface area contributed by atoms with E-state index in [2.05, 4.69) is 42.0 Å². The highest BCUT2D eigenvalue weighted by Gasteiger charge is 2.12. The topological polar surface area (TPSA) is 3.24 Å². The molecule has 86 valence electrons. The molecule has 0 unspecified atom stereocenters. The minimum Gasteiger partial charge on any atom is -0.288 e. The van der Waals surface area contributed by atoms with Gasteiger partial charge in [-0.15, -0.1) is 18.0 Å². The van der Waals surface area contributed by atoms with Crippen LogP contribution in [0, 0.1) is 12.3 Å². The van der Waals surface area contributed by atoms with E-state index in [0.717, 1.165) is 13.0 Å². The van der Waals surface area contributed by atoms with Gasteiger partial charge in [0.15, 0.2) is 0 Å². The van der Waals surface area contributed by atoms with E-state index in [9.17, 15) is 0 Å². The Bertz CT molecular complexity index is 328. The van der Waals surface area contributed by atoms with Crippen LogP contribution in [0.15, 0.2) is 30.3 Å². The van der Waals surface area contributed by atoms with Gasteiger partial charge in [0.25, 0.3) is 0 Å². The van der Waals surface area contributed by atoms with Crippen LogP contribution < -0.4 is 0 Å². The van der Waals surface area contributed by atoms with Crippen LogP contribution in [0.3, 0.4) is 0 Å². The maximum atomic E-state index is 5.77. The summed E-state index contributed by atoms with van der Waals surface area (Å²) < 4.78 is 0. The molecule has 0 bridgehead atoms. The molecule has 1 nitrogen and oxygen atoms in total. The number of hydrogen-bond donors (Lipinski definition) is 0. The second-order valence-electron chi connectivity index (χ2n) is 3.90. The normalized spacial score (nSPS) is 12.4. The van der Waals surface area contributed by atoms with Crippen molar-refractivity contribution in [2.24, 2.45) is 0 Å². The number of terminal acetylenes is 1. The summed E-state index contributed by atoms with van der Waals surface area (Å²) in [5.74, 6) is 3.31. The highest BCUT2D eigenvalue weighted by atomic mass is 35.5. The van der Waals surface area contributed by atoms with Crippen LogP contribution in [0.25, 0.3) is 0 Å². The Labute approximate surface area is 103 Å². The first-order valence-electron chi connectivity index (χ1n) is 5.55. The number of benzene rings is 1. The summed E-state index contributed by atoms with van der Waals surface area (Å²) in [6.07, 6.45) is 6.37. The van der Waals surface area contributed by atoms with E-state index in [4.69, 9.17) is 18.0 Å². The fraction of sp³-hybridized carbons (Fsp3) is 0.429. The van der Waals surface area contributed by atoms with Crippen LogP contribution in [0.1, 0.15) is 12.5 Å². The van der Waals surface area contributed by atoms with Crippen molar-refractivity contribution in [3.05, 3.63) is 35.9 Å². The molecule has 2 heteroatoms. The minimum absolute atomic E-state index is 0.428. The van der Waals surface area contributed by atoms with Crippen LogP contribution in [-0.2, 0) is 6.42 Å². The van der Waals surface area contributed by atoms with Gasteiger partial charge in [-0.3, -0.25) is 4.90 Å². The third kappa shape index (κ3) is 4.26. The standard InChI is InChI=1S/C14H18ClN/c1-3-10-16(11-9-15)13(2)12-14-7-5-4-6-8-14/h1,4-8,13H,9-12H2,2H3/t13-/m1/s1. The van der Waals surface area contributed by atoms with Crippen LogP contribution in [0.5, 0.6) is 0 Å². The summed E-state index contributed by atoms with van der Waals surface area (Å²) in [6, 6.07) is 10.9. The first-order chi connectivity index (χ1) is 7.77. The lowest BCUT2D eigenvalue weighted by molar-refractivity contribution is 0.247. The van der Waals surface area contributed by atoms with E-state index in [1.165, 1.54) is 5.56 Å². The molecule has 0 heterocycles. The maximum Gasteiger partial charge on any atom is 0.0601 e. The lowest BCUT2D eigenvalue weighted by Crippen LogP contribution is -2.36. The molecule has 0 saturated heterocycles. The van der Waals surface area contributed by atoms with Crippen molar-refractivity contribution in [3.63, 3.8) is 0 Å². The molecular weight excluding hydrogens is 218 g/mol. The van der Waals surface area contributed by atoms with Crippen LogP contribution in [0.4, 0.5) is 0 Å². The van der Waals surface area contributed by atoms with Crippen molar-refractivity contribution >= 4 is 11.6 Å². The molecule has 1 rings (SSSR count). The van der Waals surface area contributed by atoms with Gasteiger partial charge in [-0.25, -0.2) is 0 Å². The Kier molecular flexibility index (Phi) is 6.00. The summed E-state index contributed by atoms with van der Waals surface area (Å²) in [6.45, 7) is 3.71. The van der Waals surface area contributed by atoms with Crippen molar-refractivity contribution in [3.8, 4) is 12.3 Å². The summed E-state index contributed by atoms with van der Waals surface area (Å²) in [5.41, 5.74) is 1.34. The van der Waals surface area contributed by atoms with E-state index >= 15 is 0 Å². The van der Waals surface area contributed by atoms with E-state index in [1.807, 2.05) is 6.07 Å². The van der Waals surface area contributed by atoms with E-state index < -0.39 is 0 Å². The highest BCUT2D eigenvalue weighted by molar-refractivity contribution is 6.18. The minimum atomic E-state index is 0.428. The largest absolute Gasteiger partial charge is 0.288 e. The van der Waals surface area contributed by atoms with Crippen molar-refractivity contribution in [1.82, 2.24) is 4.90 Å². The van der Waals surface area contributed by atoms with Gasteiger partial charge in [-0.1, -0.05) is 36.3 Å². The van der Waals surface area contributed by atoms with Gasteiger partial charge < -0.3 is 0 Å². The van der Waals surface area contributed by atoms with Gasteiger partial charge in [-0.05, 0) is 18.9 Å². The third-order valence-electron chi connectivity index (χ3n) is 2.66. The fourth-order valence-electron chi connectivity index (χ4n) is 1.77. The number of rotatable bonds is 6. The molecule has 0 N–H and O–H groups in total. The molecule has 0 fully saturated rings. The Morgan fingerprint density at radius 2 is 2.06 bits per heavy atom. The quantitative estimate of drug-likeness (QED) is 0.542. The molecule has 0 aliphatic heterocycles. The molecule has 16 heavy (non-hydrogen) atoms. The Hall–Kier alpha value is -0.970. The number of nitrogens with zero attached hydrogens (tertiary/aromatic N) is 1. The molecule has 0 radical (unpaired) electrons. The van der Waals surface area contributed by atoms with Crippen molar-refractivity contribution in [1.29, 1.82) is 0 Å². The van der Waals surface area contributed by atoms with Gasteiger partial charge in [0.05, 0.1) is 6.54 Å². The molecule has 0 spiro atoms. The van der Waals surface area contributed by atoms with Crippen molar-refractivity contribution < 1.29 is 0 Å². The van der Waals surface area contributed by atoms with Crippen molar-refractivity contribution in [2.45, 2.75) is 19.4 Å². The smallest absolute Gasteiger partial charge is 0.0601 e. The van der Waals surface area contributed by atoms with E-state index in [0.29, 0.717) is 18.5 Å². The van der Waals surface area contributed by atoms with E-state index in [-0.39, 0.29) is 0 Å². The molecule has 0 saturated carbocycles. The molecule has 0 amide bonds. The van der Waals surface area contributed by atoms with Gasteiger partial charge in [0.1, 0.15) is 0 Å². The Balaban J connectivity index is 2.55. The van der Waals surface area contributed by atoms with Gasteiger partial charge in [-0.2, -0.15) is 0 Å². The molecular formula is C14H18ClN. The lowest BCUT2D eigenvalue weighted by Gasteiger charge is -2.26. The zero-order valence-electron chi connectivity index (χ0n) is 9.70. The molecule has 0 aliphatic rings. The molecule has 1 atom stereocenters. The molecule has 0 aromatic heterocycles. The summed E-state index contributed by atoms with van der Waals surface area (Å²) in [5, 5.41) is 0. The van der Waals surface area contributed by atoms with Gasteiger partial charge >= 0.3 is 0 Å². The second kappa shape index (κ2) is 7.33. The predicted octanol–water partition coefficient (Wildman–Crippen LogP) is 2.79. The summed E-state index contributed by atoms with van der Waals surface area (Å²) >= 11 is 5.77. The first-order valence-corrected chi connectivity index (χ1v) is 6.08. The zero-order chi connectivity index (χ0) is 11.8. The van der Waals surface area contributed by atoms with Crippen LogP contribution in [-0.4, -0.2) is 29.9 Å². The molecule has 1 aromatic carbocycles. The van der Waals surface area contributed by atoms with E-state index in [1.54, 1.807) is 0 Å². The monoisotopic (exact) mass is 235 g/mol. The summed E-state index contributed by atoms with van der Waals surface area (Å²) in [4.78, 5) is 2.24. The van der Waals surface area contributed by atoms with Crippen LogP contribution >= 0.6 is 11.6 Å². The number of alkyl halides is 1. The highest BCUT2D eigenvalue weighted by Crippen LogP contribution is 2.08. The average molecular weight is 236 g/mol. The molecule has 1 aromatic rings. The van der Waals surface area contributed by atoms with Gasteiger partial charge in [0, 0.05) is 18.5 Å². The predicted molar refractivity (Wildman–Crippen MR) is 70.7 cm³/mol. The Morgan fingerprint density at radius 3 is 2.62 bits per heavy atom. The molecule has 0 aliphatic carbocycles. The maximum absolute atomic E-state index is 5.77. The fourth-order valence-corrected chi connectivity index (χ4v) is 1.98. The van der Waals surface area contributed by atoms with Gasteiger partial charge in [0.2, 0.25) is 0 Å². The zero-order valence-corrected chi connectivity index (χ0v) is 10.5. The summed E-state index contributed by atoms with van der Waals surface area (Å²) in [7, 11) is 0. The first kappa shape index (κ1) is 13.1. The third-order valence-corrected chi connectivity index (χ3v) is 2.83.